The number of hydrogen-bond acceptors (Lipinski definition) is 4. The third kappa shape index (κ3) is 5.78. The van der Waals surface area contributed by atoms with Crippen molar-refractivity contribution < 1.29 is 14.3 Å². The van der Waals surface area contributed by atoms with Gasteiger partial charge in [0.2, 0.25) is 5.91 Å². The second-order valence-corrected chi connectivity index (χ2v) is 11.4. The van der Waals surface area contributed by atoms with Crippen LogP contribution in [0, 0.1) is 5.41 Å². The zero-order chi connectivity index (χ0) is 27.4. The third-order valence-corrected chi connectivity index (χ3v) is 7.61. The van der Waals surface area contributed by atoms with Gasteiger partial charge in [-0.05, 0) is 42.0 Å². The predicted molar refractivity (Wildman–Crippen MR) is 157 cm³/mol. The molecule has 0 fully saturated rings. The van der Waals surface area contributed by atoms with E-state index in [2.05, 4.69) is 26.1 Å². The number of hydrogen-bond donors (Lipinski definition) is 1. The molecule has 0 saturated heterocycles. The van der Waals surface area contributed by atoms with Crippen molar-refractivity contribution in [2.24, 2.45) is 5.41 Å². The number of ketones is 1. The number of amides is 1. The minimum atomic E-state index is -0.583. The summed E-state index contributed by atoms with van der Waals surface area (Å²) in [6, 6.07) is 25.2. The number of allylic oxidation sites excluding steroid dienone is 1. The van der Waals surface area contributed by atoms with E-state index in [1.54, 1.807) is 0 Å². The fourth-order valence-corrected chi connectivity index (χ4v) is 5.78. The van der Waals surface area contributed by atoms with E-state index in [-0.39, 0.29) is 17.1 Å². The zero-order valence-electron chi connectivity index (χ0n) is 23.2. The molecule has 1 atom stereocenters. The quantitative estimate of drug-likeness (QED) is 0.305. The lowest BCUT2D eigenvalue weighted by Crippen LogP contribution is -2.39. The molecule has 5 heteroatoms. The van der Waals surface area contributed by atoms with Crippen LogP contribution in [-0.2, 0) is 16.2 Å². The Kier molecular flexibility index (Phi) is 7.87. The van der Waals surface area contributed by atoms with Gasteiger partial charge in [0.05, 0.1) is 17.4 Å². The molecule has 0 spiro atoms. The number of Topliss-reactive ketones (excluding diaryl/α,β-unsaturated/α-hetero) is 1. The van der Waals surface area contributed by atoms with Gasteiger partial charge in [-0.3, -0.25) is 14.5 Å². The van der Waals surface area contributed by atoms with E-state index in [1.165, 1.54) is 0 Å². The molecule has 1 N–H and O–H groups in total. The number of rotatable bonds is 8. The zero-order valence-corrected chi connectivity index (χ0v) is 23.2. The number of benzene rings is 3. The summed E-state index contributed by atoms with van der Waals surface area (Å²) in [6.45, 7) is 6.80. The Morgan fingerprint density at radius 1 is 0.949 bits per heavy atom. The molecule has 1 unspecified atom stereocenters. The van der Waals surface area contributed by atoms with Crippen LogP contribution in [0.1, 0.15) is 76.5 Å². The fourth-order valence-electron chi connectivity index (χ4n) is 5.78. The lowest BCUT2D eigenvalue weighted by molar-refractivity contribution is -0.119. The van der Waals surface area contributed by atoms with Gasteiger partial charge in [-0.15, -0.1) is 0 Å². The van der Waals surface area contributed by atoms with Crippen LogP contribution >= 0.6 is 0 Å². The smallest absolute Gasteiger partial charge is 0.227 e. The highest BCUT2D eigenvalue weighted by molar-refractivity contribution is 6.06. The van der Waals surface area contributed by atoms with Crippen LogP contribution in [0.4, 0.5) is 11.4 Å². The molecule has 0 saturated carbocycles. The monoisotopic (exact) mass is 522 g/mol. The lowest BCUT2D eigenvalue weighted by atomic mass is 9.73. The molecular formula is C34H38N2O3. The van der Waals surface area contributed by atoms with Crippen LogP contribution in [-0.4, -0.2) is 11.7 Å². The molecule has 202 valence electrons. The topological polar surface area (TPSA) is 58.6 Å². The molecule has 3 aromatic carbocycles. The third-order valence-electron chi connectivity index (χ3n) is 7.61. The SMILES string of the molecule is CCCCCC(=O)N1c2ccccc2NC2=C(C(=O)CC(C)(C)C2)C1c1ccccc1OCc1ccccc1. The van der Waals surface area contributed by atoms with Crippen LogP contribution in [0.25, 0.3) is 0 Å². The van der Waals surface area contributed by atoms with Crippen molar-refractivity contribution in [3.63, 3.8) is 0 Å². The van der Waals surface area contributed by atoms with Gasteiger partial charge in [0.15, 0.2) is 5.78 Å². The van der Waals surface area contributed by atoms with Crippen molar-refractivity contribution in [3.05, 3.63) is 101 Å². The van der Waals surface area contributed by atoms with Gasteiger partial charge in [-0.1, -0.05) is 94.3 Å². The van der Waals surface area contributed by atoms with Gasteiger partial charge in [0.1, 0.15) is 12.4 Å². The number of unbranched alkanes of at least 4 members (excludes halogenated alkanes) is 2. The predicted octanol–water partition coefficient (Wildman–Crippen LogP) is 7.99. The van der Waals surface area contributed by atoms with Crippen molar-refractivity contribution in [1.82, 2.24) is 0 Å². The van der Waals surface area contributed by atoms with Crippen molar-refractivity contribution in [1.29, 1.82) is 0 Å². The molecule has 0 radical (unpaired) electrons. The highest BCUT2D eigenvalue weighted by Gasteiger charge is 2.43. The van der Waals surface area contributed by atoms with Gasteiger partial charge in [0, 0.05) is 29.7 Å². The summed E-state index contributed by atoms with van der Waals surface area (Å²) >= 11 is 0. The molecule has 5 nitrogen and oxygen atoms in total. The number of nitrogens with one attached hydrogen (secondary N) is 1. The molecule has 0 bridgehead atoms. The summed E-state index contributed by atoms with van der Waals surface area (Å²) in [4.78, 5) is 29.9. The van der Waals surface area contributed by atoms with E-state index < -0.39 is 6.04 Å². The normalized spacial score (nSPS) is 18.1. The molecule has 39 heavy (non-hydrogen) atoms. The Labute approximate surface area is 231 Å². The lowest BCUT2D eigenvalue weighted by Gasteiger charge is -2.37. The summed E-state index contributed by atoms with van der Waals surface area (Å²) < 4.78 is 6.40. The van der Waals surface area contributed by atoms with Crippen LogP contribution in [0.3, 0.4) is 0 Å². The molecule has 5 rings (SSSR count). The minimum Gasteiger partial charge on any atom is -0.489 e. The number of ether oxygens (including phenoxy) is 1. The molecule has 1 aliphatic heterocycles. The van der Waals surface area contributed by atoms with Crippen LogP contribution in [0.15, 0.2) is 90.1 Å². The maximum atomic E-state index is 14.1. The number of fused-ring (bicyclic) bond motifs is 1. The summed E-state index contributed by atoms with van der Waals surface area (Å²) in [5, 5.41) is 3.60. The largest absolute Gasteiger partial charge is 0.489 e. The van der Waals surface area contributed by atoms with Gasteiger partial charge in [0.25, 0.3) is 0 Å². The van der Waals surface area contributed by atoms with E-state index in [9.17, 15) is 9.59 Å². The molecule has 2 aliphatic rings. The number of nitrogens with zero attached hydrogens (tertiary/aromatic N) is 1. The standard InChI is InChI=1S/C34H38N2O3/c1-4-5-7-20-31(38)36-28-18-12-11-17-26(28)35-27-21-34(2,3)22-29(37)32(27)33(36)25-16-10-13-19-30(25)39-23-24-14-8-6-9-15-24/h6,8-19,33,35H,4-5,7,20-23H2,1-3H3. The molecule has 0 aromatic heterocycles. The van der Waals surface area contributed by atoms with E-state index in [0.29, 0.717) is 30.8 Å². The van der Waals surface area contributed by atoms with Crippen LogP contribution < -0.4 is 15.0 Å². The highest BCUT2D eigenvalue weighted by atomic mass is 16.5. The molecule has 1 amide bonds. The first kappa shape index (κ1) is 26.7. The van der Waals surface area contributed by atoms with Gasteiger partial charge in [-0.2, -0.15) is 0 Å². The number of para-hydroxylation sites is 3. The first-order valence-electron chi connectivity index (χ1n) is 14.1. The first-order chi connectivity index (χ1) is 18.9. The Hall–Kier alpha value is -3.86. The maximum Gasteiger partial charge on any atom is 0.227 e. The van der Waals surface area contributed by atoms with Crippen LogP contribution in [0.2, 0.25) is 0 Å². The van der Waals surface area contributed by atoms with Crippen LogP contribution in [0.5, 0.6) is 5.75 Å². The van der Waals surface area contributed by atoms with E-state index >= 15 is 0 Å². The first-order valence-corrected chi connectivity index (χ1v) is 14.1. The summed E-state index contributed by atoms with van der Waals surface area (Å²) in [6.07, 6.45) is 4.42. The maximum absolute atomic E-state index is 14.1. The fraction of sp³-hybridized carbons (Fsp3) is 0.353. The Balaban J connectivity index is 1.67. The number of carbonyl (C=O) groups is 2. The van der Waals surface area contributed by atoms with Gasteiger partial charge < -0.3 is 10.1 Å². The van der Waals surface area contributed by atoms with Gasteiger partial charge >= 0.3 is 0 Å². The van der Waals surface area contributed by atoms with Crippen molar-refractivity contribution in [3.8, 4) is 5.75 Å². The number of anilines is 2. The van der Waals surface area contributed by atoms with Crippen molar-refractivity contribution in [2.75, 3.05) is 10.2 Å². The second-order valence-electron chi connectivity index (χ2n) is 11.4. The minimum absolute atomic E-state index is 0.0203. The second kappa shape index (κ2) is 11.5. The Bertz CT molecular complexity index is 1380. The Morgan fingerprint density at radius 2 is 1.67 bits per heavy atom. The van der Waals surface area contributed by atoms with Gasteiger partial charge in [-0.25, -0.2) is 0 Å². The summed E-state index contributed by atoms with van der Waals surface area (Å²) in [7, 11) is 0. The molecule has 1 aliphatic carbocycles. The summed E-state index contributed by atoms with van der Waals surface area (Å²) in [5.41, 5.74) is 4.93. The average molecular weight is 523 g/mol. The van der Waals surface area contributed by atoms with E-state index in [4.69, 9.17) is 4.74 Å². The Morgan fingerprint density at radius 3 is 2.46 bits per heavy atom. The van der Waals surface area contributed by atoms with E-state index in [1.807, 2.05) is 83.8 Å². The molecule has 3 aromatic rings. The van der Waals surface area contributed by atoms with Crippen molar-refractivity contribution in [2.45, 2.75) is 71.9 Å². The number of carbonyl (C=O) groups excluding carboxylic acids is 2. The average Bonchev–Trinajstić information content (AvgIpc) is 3.06. The molecular weight excluding hydrogens is 484 g/mol. The highest BCUT2D eigenvalue weighted by Crippen LogP contribution is 2.50. The van der Waals surface area contributed by atoms with E-state index in [0.717, 1.165) is 53.9 Å². The summed E-state index contributed by atoms with van der Waals surface area (Å²) in [5.74, 6) is 0.782. The van der Waals surface area contributed by atoms with Crippen molar-refractivity contribution >= 4 is 23.1 Å². The molecule has 1 heterocycles.